The van der Waals surface area contributed by atoms with E-state index < -0.39 is 24.4 Å². The molecule has 2 heterocycles. The minimum Gasteiger partial charge on any atom is -0.475 e. The van der Waals surface area contributed by atoms with Crippen LogP contribution in [0.5, 0.6) is 5.88 Å². The fourth-order valence-electron chi connectivity index (χ4n) is 2.46. The van der Waals surface area contributed by atoms with E-state index in [0.717, 1.165) is 0 Å². The Morgan fingerprint density at radius 2 is 2.10 bits per heavy atom. The quantitative estimate of drug-likeness (QED) is 0.332. The van der Waals surface area contributed by atoms with Gasteiger partial charge in [-0.05, 0) is 30.4 Å². The van der Waals surface area contributed by atoms with Crippen LogP contribution in [0.1, 0.15) is 21.9 Å². The van der Waals surface area contributed by atoms with Crippen molar-refractivity contribution in [3.8, 4) is 5.88 Å². The van der Waals surface area contributed by atoms with Crippen molar-refractivity contribution in [2.45, 2.75) is 6.10 Å². The molecule has 2 aromatic heterocycles. The van der Waals surface area contributed by atoms with E-state index in [-0.39, 0.29) is 29.5 Å². The Morgan fingerprint density at radius 3 is 2.87 bits per heavy atom. The van der Waals surface area contributed by atoms with E-state index in [1.54, 1.807) is 18.2 Å². The Bertz CT molecular complexity index is 1100. The molecule has 160 valence electrons. The summed E-state index contributed by atoms with van der Waals surface area (Å²) in [4.78, 5) is 23.4. The van der Waals surface area contributed by atoms with E-state index in [9.17, 15) is 14.3 Å². The van der Waals surface area contributed by atoms with Gasteiger partial charge in [-0.15, -0.1) is 0 Å². The molecule has 0 bridgehead atoms. The average Bonchev–Trinajstić information content (AvgIpc) is 3.23. The smallest absolute Gasteiger partial charge is 0.275 e. The predicted molar refractivity (Wildman–Crippen MR) is 112 cm³/mol. The number of aromatic nitrogens is 3. The highest BCUT2D eigenvalue weighted by atomic mass is 19.1. The maximum Gasteiger partial charge on any atom is 0.275 e. The molecule has 0 aliphatic heterocycles. The molecule has 0 spiro atoms. The van der Waals surface area contributed by atoms with Gasteiger partial charge in [-0.2, -0.15) is 0 Å². The number of pyridine rings is 1. The van der Waals surface area contributed by atoms with Crippen molar-refractivity contribution in [1.82, 2.24) is 15.0 Å². The number of carbonyl (C=O) groups is 1. The van der Waals surface area contributed by atoms with Crippen LogP contribution in [0.25, 0.3) is 6.08 Å². The van der Waals surface area contributed by atoms with Gasteiger partial charge in [0.15, 0.2) is 0 Å². The molecule has 0 saturated heterocycles. The number of hydrogen-bond acceptors (Lipinski definition) is 7. The third-order valence-electron chi connectivity index (χ3n) is 4.01. The van der Waals surface area contributed by atoms with Crippen LogP contribution in [0.2, 0.25) is 0 Å². The summed E-state index contributed by atoms with van der Waals surface area (Å²) in [5, 5.41) is 28.7. The van der Waals surface area contributed by atoms with Crippen molar-refractivity contribution in [1.29, 1.82) is 5.41 Å². The number of aromatic amines is 1. The van der Waals surface area contributed by atoms with Gasteiger partial charge in [-0.1, -0.05) is 18.2 Å². The van der Waals surface area contributed by atoms with E-state index in [1.165, 1.54) is 42.6 Å². The largest absolute Gasteiger partial charge is 0.475 e. The first-order valence-electron chi connectivity index (χ1n) is 9.23. The van der Waals surface area contributed by atoms with Crippen LogP contribution < -0.4 is 10.1 Å². The summed E-state index contributed by atoms with van der Waals surface area (Å²) < 4.78 is 19.0. The number of hydrogen-bond donors (Lipinski definition) is 5. The Hall–Kier alpha value is -3.89. The number of imidazole rings is 1. The van der Waals surface area contributed by atoms with Gasteiger partial charge in [0.05, 0.1) is 18.5 Å². The minimum absolute atomic E-state index is 0.0209. The van der Waals surface area contributed by atoms with E-state index >= 15 is 0 Å². The van der Waals surface area contributed by atoms with Gasteiger partial charge in [0.1, 0.15) is 35.9 Å². The lowest BCUT2D eigenvalue weighted by molar-refractivity contribution is 0.0520. The summed E-state index contributed by atoms with van der Waals surface area (Å²) >= 11 is 0. The van der Waals surface area contributed by atoms with Gasteiger partial charge in [-0.25, -0.2) is 14.4 Å². The Morgan fingerprint density at radius 1 is 1.29 bits per heavy atom. The number of ether oxygens (including phenoxy) is 1. The zero-order valence-electron chi connectivity index (χ0n) is 16.2. The first kappa shape index (κ1) is 21.8. The molecule has 1 aromatic carbocycles. The van der Waals surface area contributed by atoms with Crippen LogP contribution in [-0.2, 0) is 0 Å². The number of anilines is 1. The highest BCUT2D eigenvalue weighted by Gasteiger charge is 2.12. The van der Waals surface area contributed by atoms with Crippen LogP contribution in [0.15, 0.2) is 54.7 Å². The van der Waals surface area contributed by atoms with Crippen molar-refractivity contribution in [2.75, 3.05) is 18.5 Å². The fraction of sp³-hybridized carbons (Fsp3) is 0.143. The summed E-state index contributed by atoms with van der Waals surface area (Å²) in [6, 6.07) is 10.5. The highest BCUT2D eigenvalue weighted by molar-refractivity contribution is 6.08. The lowest BCUT2D eigenvalue weighted by Crippen LogP contribution is -2.22. The topological polar surface area (TPSA) is 144 Å². The van der Waals surface area contributed by atoms with Crippen molar-refractivity contribution in [2.24, 2.45) is 0 Å². The molecule has 1 amide bonds. The number of halogens is 1. The first-order chi connectivity index (χ1) is 15.0. The molecule has 0 radical (unpaired) electrons. The molecule has 0 saturated carbocycles. The summed E-state index contributed by atoms with van der Waals surface area (Å²) in [6.45, 7) is -0.608. The normalized spacial score (nSPS) is 12.0. The van der Waals surface area contributed by atoms with Gasteiger partial charge in [-0.3, -0.25) is 4.79 Å². The third-order valence-corrected chi connectivity index (χ3v) is 4.01. The molecule has 9 nitrogen and oxygen atoms in total. The molecular formula is C21H20FN5O4. The number of aliphatic hydroxyl groups excluding tert-OH is 2. The molecule has 0 fully saturated rings. The lowest BCUT2D eigenvalue weighted by atomic mass is 10.1. The van der Waals surface area contributed by atoms with Gasteiger partial charge in [0, 0.05) is 11.6 Å². The Balaban J connectivity index is 1.61. The van der Waals surface area contributed by atoms with Crippen molar-refractivity contribution < 1.29 is 24.1 Å². The number of benzene rings is 1. The molecule has 0 aliphatic carbocycles. The van der Waals surface area contributed by atoms with Gasteiger partial charge in [0.25, 0.3) is 5.91 Å². The lowest BCUT2D eigenvalue weighted by Gasteiger charge is -2.09. The minimum atomic E-state index is -1.05. The van der Waals surface area contributed by atoms with Crippen LogP contribution in [0, 0.1) is 11.2 Å². The van der Waals surface area contributed by atoms with E-state index in [1.807, 2.05) is 0 Å². The van der Waals surface area contributed by atoms with E-state index in [2.05, 4.69) is 20.3 Å². The zero-order valence-corrected chi connectivity index (χ0v) is 16.2. The number of nitrogens with zero attached hydrogens (tertiary/aromatic N) is 2. The number of rotatable bonds is 9. The highest BCUT2D eigenvalue weighted by Crippen LogP contribution is 2.12. The Kier molecular flexibility index (Phi) is 7.20. The fourth-order valence-corrected chi connectivity index (χ4v) is 2.46. The molecule has 5 N–H and O–H groups in total. The van der Waals surface area contributed by atoms with Crippen molar-refractivity contribution in [3.05, 3.63) is 77.6 Å². The maximum atomic E-state index is 13.7. The molecule has 10 heteroatoms. The Labute approximate surface area is 176 Å². The maximum absolute atomic E-state index is 13.7. The first-order valence-corrected chi connectivity index (χ1v) is 9.23. The number of amides is 1. The number of allylic oxidation sites excluding steroid dienone is 1. The van der Waals surface area contributed by atoms with Crippen molar-refractivity contribution >= 4 is 23.5 Å². The number of carbonyl (C=O) groups excluding carboxylic acids is 1. The molecule has 31 heavy (non-hydrogen) atoms. The standard InChI is InChI=1S/C21H20FN5O4/c22-15-5-2-1-4-14(15)16(23)8-9-18-24-10-19(26-18)27-21(30)17-6-3-7-20(25-17)31-12-13(29)11-28/h1-10,13,23,28-29H,11-12H2,(H,24,26)(H,27,30)/b9-8-,23-16?. The van der Waals surface area contributed by atoms with Gasteiger partial charge < -0.3 is 30.7 Å². The zero-order chi connectivity index (χ0) is 22.2. The van der Waals surface area contributed by atoms with Gasteiger partial charge in [0.2, 0.25) is 5.88 Å². The molecule has 0 aliphatic rings. The number of aliphatic hydroxyl groups is 2. The third kappa shape index (κ3) is 6.04. The summed E-state index contributed by atoms with van der Waals surface area (Å²) in [5.41, 5.74) is 0.218. The second-order valence-electron chi connectivity index (χ2n) is 6.37. The molecule has 3 rings (SSSR count). The summed E-state index contributed by atoms with van der Waals surface area (Å²) in [6.07, 6.45) is 3.23. The molecular weight excluding hydrogens is 405 g/mol. The predicted octanol–water partition coefficient (Wildman–Crippen LogP) is 2.01. The van der Waals surface area contributed by atoms with Crippen LogP contribution in [0.3, 0.4) is 0 Å². The van der Waals surface area contributed by atoms with Crippen LogP contribution in [0.4, 0.5) is 10.2 Å². The molecule has 3 aromatic rings. The second kappa shape index (κ2) is 10.2. The average molecular weight is 425 g/mol. The SMILES string of the molecule is N=C(/C=C\c1ncc(NC(=O)c2cccc(OCC(O)CO)n2)[nH]1)c1ccccc1F. The van der Waals surface area contributed by atoms with E-state index in [4.69, 9.17) is 15.3 Å². The summed E-state index contributed by atoms with van der Waals surface area (Å²) in [5.74, 6) is -0.231. The van der Waals surface area contributed by atoms with E-state index in [0.29, 0.717) is 11.6 Å². The van der Waals surface area contributed by atoms with Gasteiger partial charge >= 0.3 is 0 Å². The van der Waals surface area contributed by atoms with Crippen LogP contribution >= 0.6 is 0 Å². The molecule has 1 unspecified atom stereocenters. The second-order valence-corrected chi connectivity index (χ2v) is 6.37. The molecule has 1 atom stereocenters. The summed E-state index contributed by atoms with van der Waals surface area (Å²) in [7, 11) is 0. The number of H-pyrrole nitrogens is 1. The van der Waals surface area contributed by atoms with Crippen LogP contribution in [-0.4, -0.2) is 56.1 Å². The van der Waals surface area contributed by atoms with Crippen molar-refractivity contribution in [3.63, 3.8) is 0 Å². The monoisotopic (exact) mass is 425 g/mol. The number of nitrogens with one attached hydrogen (secondary N) is 3.